The number of guanidine groups is 1. The van der Waals surface area contributed by atoms with Crippen molar-refractivity contribution in [2.24, 2.45) is 22.4 Å². The van der Waals surface area contributed by atoms with Gasteiger partial charge in [0.1, 0.15) is 0 Å². The van der Waals surface area contributed by atoms with Crippen molar-refractivity contribution in [1.82, 2.24) is 0 Å². The third-order valence-corrected chi connectivity index (χ3v) is 5.09. The molecule has 0 bridgehead atoms. The van der Waals surface area contributed by atoms with Crippen LogP contribution in [-0.2, 0) is 16.0 Å². The molecule has 34 heavy (non-hydrogen) atoms. The Labute approximate surface area is 194 Å². The molecule has 0 unspecified atom stereocenters. The largest absolute Gasteiger partial charge is 0.489 e. The van der Waals surface area contributed by atoms with Gasteiger partial charge < -0.3 is 31.2 Å². The number of aliphatic carboxylic acids is 2. The molecule has 1 heterocycles. The molecule has 0 aliphatic carbocycles. The van der Waals surface area contributed by atoms with E-state index in [1.54, 1.807) is 18.2 Å². The summed E-state index contributed by atoms with van der Waals surface area (Å²) >= 11 is 0. The average molecular weight is 469 g/mol. The van der Waals surface area contributed by atoms with E-state index in [1.807, 2.05) is 0 Å². The molecule has 0 spiro atoms. The van der Waals surface area contributed by atoms with Gasteiger partial charge in [0.25, 0.3) is 0 Å². The highest BCUT2D eigenvalue weighted by Crippen LogP contribution is 2.35. The molecule has 3 rings (SSSR count). The lowest BCUT2D eigenvalue weighted by molar-refractivity contribution is -0.148. The molecule has 0 radical (unpaired) electrons. The van der Waals surface area contributed by atoms with Crippen molar-refractivity contribution in [3.05, 3.63) is 53.1 Å². The fourth-order valence-corrected chi connectivity index (χ4v) is 3.55. The number of nitrogens with two attached hydrogens (primary N) is 2. The number of aliphatic imine (C=N–C) groups is 1. The summed E-state index contributed by atoms with van der Waals surface area (Å²) in [4.78, 5) is 52.1. The van der Waals surface area contributed by atoms with E-state index in [4.69, 9.17) is 26.0 Å². The molecule has 2 aromatic rings. The summed E-state index contributed by atoms with van der Waals surface area (Å²) in [6.45, 7) is 0.165. The van der Waals surface area contributed by atoms with Gasteiger partial charge in [0.2, 0.25) is 0 Å². The number of aryl methyl sites for hydroxylation is 1. The second kappa shape index (κ2) is 10.5. The Morgan fingerprint density at radius 3 is 2.53 bits per heavy atom. The van der Waals surface area contributed by atoms with Crippen molar-refractivity contribution in [2.45, 2.75) is 25.7 Å². The van der Waals surface area contributed by atoms with Gasteiger partial charge in [0.15, 0.2) is 23.2 Å². The first kappa shape index (κ1) is 24.2. The number of esters is 1. The zero-order chi connectivity index (χ0) is 24.8. The molecule has 1 aliphatic heterocycles. The molecule has 1 aliphatic rings. The van der Waals surface area contributed by atoms with Gasteiger partial charge in [-0.25, -0.2) is 9.79 Å². The molecule has 2 aromatic carbocycles. The highest BCUT2D eigenvalue weighted by Gasteiger charge is 2.28. The first-order chi connectivity index (χ1) is 16.2. The van der Waals surface area contributed by atoms with Gasteiger partial charge in [0, 0.05) is 6.42 Å². The van der Waals surface area contributed by atoms with Crippen molar-refractivity contribution >= 4 is 35.3 Å². The lowest BCUT2D eigenvalue weighted by Crippen LogP contribution is -2.22. The van der Waals surface area contributed by atoms with Crippen LogP contribution < -0.4 is 20.9 Å². The zero-order valence-corrected chi connectivity index (χ0v) is 18.0. The third-order valence-electron chi connectivity index (χ3n) is 5.09. The van der Waals surface area contributed by atoms with Crippen molar-refractivity contribution in [3.8, 4) is 11.5 Å². The summed E-state index contributed by atoms with van der Waals surface area (Å²) in [5, 5.41) is 18.2. The minimum atomic E-state index is -1.41. The number of hydrogen-bond acceptors (Lipinski definition) is 7. The Hall–Kier alpha value is -4.41. The summed E-state index contributed by atoms with van der Waals surface area (Å²) in [5.74, 6) is -5.59. The predicted molar refractivity (Wildman–Crippen MR) is 119 cm³/mol. The third kappa shape index (κ3) is 5.88. The Morgan fingerprint density at radius 2 is 1.85 bits per heavy atom. The second-order valence-corrected chi connectivity index (χ2v) is 7.61. The van der Waals surface area contributed by atoms with Crippen LogP contribution in [0, 0.1) is 5.92 Å². The molecule has 178 valence electrons. The number of ketones is 1. The maximum absolute atomic E-state index is 12.9. The minimum Gasteiger partial charge on any atom is -0.489 e. The Kier molecular flexibility index (Phi) is 7.46. The predicted octanol–water partition coefficient (Wildman–Crippen LogP) is 1.88. The molecule has 6 N–H and O–H groups in total. The topological polar surface area (TPSA) is 192 Å². The van der Waals surface area contributed by atoms with Gasteiger partial charge >= 0.3 is 17.9 Å². The van der Waals surface area contributed by atoms with E-state index in [-0.39, 0.29) is 29.6 Å². The number of fused-ring (bicyclic) bond motifs is 2. The van der Waals surface area contributed by atoms with Gasteiger partial charge in [-0.2, -0.15) is 0 Å². The standard InChI is InChI=1S/C23H23N3O8/c24-23(25)26-14-6-7-15-12(9-14)3-2-8-33-20-16(4-1-5-18(20)34-22(15)32)17(27)10-13(21(30)31)11-19(28)29/h1,4-7,9,13H,2-3,8,10-11H2,(H,28,29)(H,30,31)(H4,24,25,26)/t13-/m0/s1. The molecular formula is C23H23N3O8. The van der Waals surface area contributed by atoms with Crippen molar-refractivity contribution < 1.29 is 38.9 Å². The number of carbonyl (C=O) groups is 4. The van der Waals surface area contributed by atoms with Gasteiger partial charge in [-0.15, -0.1) is 0 Å². The molecule has 0 fully saturated rings. The number of benzene rings is 2. The molecule has 0 saturated carbocycles. The number of hydrogen-bond donors (Lipinski definition) is 4. The van der Waals surface area contributed by atoms with E-state index in [1.165, 1.54) is 18.2 Å². The van der Waals surface area contributed by atoms with Gasteiger partial charge in [-0.05, 0) is 48.7 Å². The summed E-state index contributed by atoms with van der Waals surface area (Å²) < 4.78 is 11.3. The van der Waals surface area contributed by atoms with Crippen LogP contribution in [0.2, 0.25) is 0 Å². The monoisotopic (exact) mass is 469 g/mol. The normalized spacial score (nSPS) is 13.8. The lowest BCUT2D eigenvalue weighted by Gasteiger charge is -2.19. The van der Waals surface area contributed by atoms with Crippen LogP contribution in [0.4, 0.5) is 5.69 Å². The van der Waals surface area contributed by atoms with E-state index in [2.05, 4.69) is 4.99 Å². The Bertz CT molecular complexity index is 1170. The number of Topliss-reactive ketones (excluding diaryl/α,β-unsaturated/α-hetero) is 1. The number of para-hydroxylation sites is 1. The van der Waals surface area contributed by atoms with Crippen LogP contribution in [-0.4, -0.2) is 46.5 Å². The fraction of sp³-hybridized carbons (Fsp3) is 0.261. The maximum atomic E-state index is 12.9. The average Bonchev–Trinajstić information content (AvgIpc) is 2.75. The van der Waals surface area contributed by atoms with E-state index in [0.29, 0.717) is 29.7 Å². The first-order valence-corrected chi connectivity index (χ1v) is 10.3. The van der Waals surface area contributed by atoms with Gasteiger partial charge in [-0.3, -0.25) is 14.4 Å². The highest BCUT2D eigenvalue weighted by molar-refractivity contribution is 6.02. The molecule has 11 nitrogen and oxygen atoms in total. The number of carboxylic acids is 2. The Morgan fingerprint density at radius 1 is 1.09 bits per heavy atom. The lowest BCUT2D eigenvalue weighted by atomic mass is 9.95. The summed E-state index contributed by atoms with van der Waals surface area (Å²) in [5.41, 5.74) is 12.3. The van der Waals surface area contributed by atoms with E-state index < -0.39 is 42.5 Å². The number of carbonyl (C=O) groups excluding carboxylic acids is 2. The fourth-order valence-electron chi connectivity index (χ4n) is 3.55. The molecule has 11 heteroatoms. The number of rotatable bonds is 7. The molecule has 0 amide bonds. The number of ether oxygens (including phenoxy) is 2. The van der Waals surface area contributed by atoms with Crippen molar-refractivity contribution in [1.29, 1.82) is 0 Å². The van der Waals surface area contributed by atoms with Gasteiger partial charge in [0.05, 0.1) is 35.8 Å². The Balaban J connectivity index is 1.93. The van der Waals surface area contributed by atoms with Crippen LogP contribution in [0.3, 0.4) is 0 Å². The summed E-state index contributed by atoms with van der Waals surface area (Å²) in [7, 11) is 0. The smallest absolute Gasteiger partial charge is 0.343 e. The molecular weight excluding hydrogens is 446 g/mol. The van der Waals surface area contributed by atoms with Gasteiger partial charge in [-0.1, -0.05) is 6.07 Å². The van der Waals surface area contributed by atoms with Crippen LogP contribution in [0.15, 0.2) is 41.4 Å². The number of carboxylic acid groups (broad SMARTS) is 2. The zero-order valence-electron chi connectivity index (χ0n) is 18.0. The minimum absolute atomic E-state index is 0.000823. The van der Waals surface area contributed by atoms with E-state index in [0.717, 1.165) is 0 Å². The van der Waals surface area contributed by atoms with Crippen molar-refractivity contribution in [2.75, 3.05) is 6.61 Å². The summed E-state index contributed by atoms with van der Waals surface area (Å²) in [6, 6.07) is 9.11. The van der Waals surface area contributed by atoms with Crippen LogP contribution in [0.5, 0.6) is 11.5 Å². The SMILES string of the molecule is NC(N)=Nc1ccc2c(c1)CCCOc1c(cccc1C(=O)C[C@@H](CC(=O)O)C(=O)O)OC2=O. The van der Waals surface area contributed by atoms with Crippen LogP contribution >= 0.6 is 0 Å². The quantitative estimate of drug-likeness (QED) is 0.153. The van der Waals surface area contributed by atoms with Crippen molar-refractivity contribution in [3.63, 3.8) is 0 Å². The first-order valence-electron chi connectivity index (χ1n) is 10.3. The molecule has 1 atom stereocenters. The van der Waals surface area contributed by atoms with Crippen LogP contribution in [0.1, 0.15) is 45.5 Å². The summed E-state index contributed by atoms with van der Waals surface area (Å²) in [6.07, 6.45) is -0.343. The molecule has 0 saturated heterocycles. The number of nitrogens with zero attached hydrogens (tertiary/aromatic N) is 1. The van der Waals surface area contributed by atoms with E-state index >= 15 is 0 Å². The second-order valence-electron chi connectivity index (χ2n) is 7.61. The van der Waals surface area contributed by atoms with E-state index in [9.17, 15) is 24.3 Å². The molecule has 0 aromatic heterocycles. The maximum Gasteiger partial charge on any atom is 0.343 e. The highest BCUT2D eigenvalue weighted by atomic mass is 16.6. The van der Waals surface area contributed by atoms with Crippen LogP contribution in [0.25, 0.3) is 0 Å².